The van der Waals surface area contributed by atoms with Crippen molar-refractivity contribution >= 4 is 28.1 Å². The summed E-state index contributed by atoms with van der Waals surface area (Å²) >= 11 is 1.45. The number of hydrogen-bond acceptors (Lipinski definition) is 4. The molecule has 8 heteroatoms. The number of nitrogens with one attached hydrogen (secondary N) is 3. The van der Waals surface area contributed by atoms with Gasteiger partial charge in [-0.15, -0.1) is 11.3 Å². The van der Waals surface area contributed by atoms with E-state index in [1.807, 2.05) is 48.0 Å². The second kappa shape index (κ2) is 7.69. The number of carbonyl (C=O) groups excluding carboxylic acids is 1. The number of carbonyl (C=O) groups is 1. The van der Waals surface area contributed by atoms with Gasteiger partial charge in [-0.25, -0.2) is 4.79 Å². The number of amides is 1. The number of nitrogens with zero attached hydrogens (tertiary/aromatic N) is 1. The number of benzene rings is 1. The van der Waals surface area contributed by atoms with E-state index in [4.69, 9.17) is 0 Å². The molecule has 3 N–H and O–H groups in total. The van der Waals surface area contributed by atoms with E-state index >= 15 is 0 Å². The summed E-state index contributed by atoms with van der Waals surface area (Å²) in [6, 6.07) is 11.6. The van der Waals surface area contributed by atoms with Crippen LogP contribution in [-0.2, 0) is 13.0 Å². The van der Waals surface area contributed by atoms with Crippen LogP contribution in [0.15, 0.2) is 63.8 Å². The maximum atomic E-state index is 12.6. The molecule has 0 saturated carbocycles. The van der Waals surface area contributed by atoms with Crippen molar-refractivity contribution in [2.45, 2.75) is 13.0 Å². The van der Waals surface area contributed by atoms with Crippen LogP contribution in [0.1, 0.15) is 20.8 Å². The van der Waals surface area contributed by atoms with Gasteiger partial charge in [-0.1, -0.05) is 24.3 Å². The van der Waals surface area contributed by atoms with Crippen LogP contribution >= 0.6 is 11.3 Å². The zero-order chi connectivity index (χ0) is 19.5. The van der Waals surface area contributed by atoms with Crippen molar-refractivity contribution in [2.24, 2.45) is 0 Å². The van der Waals surface area contributed by atoms with Crippen LogP contribution < -0.4 is 16.6 Å². The van der Waals surface area contributed by atoms with Crippen molar-refractivity contribution in [3.05, 3.63) is 91.0 Å². The first-order chi connectivity index (χ1) is 13.6. The molecule has 0 atom stereocenters. The maximum absolute atomic E-state index is 12.6. The Kier molecular flexibility index (Phi) is 4.94. The van der Waals surface area contributed by atoms with Gasteiger partial charge in [0, 0.05) is 34.7 Å². The van der Waals surface area contributed by atoms with Crippen LogP contribution in [0.4, 0.5) is 0 Å². The molecule has 0 unspecified atom stereocenters. The minimum atomic E-state index is -0.596. The van der Waals surface area contributed by atoms with E-state index in [1.54, 1.807) is 0 Å². The summed E-state index contributed by atoms with van der Waals surface area (Å²) in [5, 5.41) is 5.74. The standard InChI is InChI=1S/C20H18N4O3S/c25-18(21-8-7-13-10-22-17-6-2-1-5-15(13)17)16-11-23-20(27)24(19(16)26)12-14-4-3-9-28-14/h1-6,9-11,22H,7-8,12H2,(H,21,25)(H,23,27). The van der Waals surface area contributed by atoms with Gasteiger partial charge in [0.2, 0.25) is 0 Å². The summed E-state index contributed by atoms with van der Waals surface area (Å²) in [4.78, 5) is 43.6. The second-order valence-electron chi connectivity index (χ2n) is 6.34. The summed E-state index contributed by atoms with van der Waals surface area (Å²) in [5.74, 6) is -0.499. The first kappa shape index (κ1) is 18.0. The first-order valence-electron chi connectivity index (χ1n) is 8.81. The average Bonchev–Trinajstić information content (AvgIpc) is 3.35. The van der Waals surface area contributed by atoms with Crippen LogP contribution in [0.5, 0.6) is 0 Å². The molecule has 3 aromatic heterocycles. The summed E-state index contributed by atoms with van der Waals surface area (Å²) in [7, 11) is 0. The lowest BCUT2D eigenvalue weighted by molar-refractivity contribution is 0.0951. The van der Waals surface area contributed by atoms with Crippen LogP contribution in [0, 0.1) is 0 Å². The summed E-state index contributed by atoms with van der Waals surface area (Å²) < 4.78 is 1.04. The lowest BCUT2D eigenvalue weighted by Gasteiger charge is -2.07. The van der Waals surface area contributed by atoms with Crippen LogP contribution in [0.2, 0.25) is 0 Å². The third-order valence-corrected chi connectivity index (χ3v) is 5.42. The molecule has 0 radical (unpaired) electrons. The Balaban J connectivity index is 1.47. The molecule has 28 heavy (non-hydrogen) atoms. The maximum Gasteiger partial charge on any atom is 0.328 e. The Morgan fingerprint density at radius 1 is 1.07 bits per heavy atom. The fourth-order valence-corrected chi connectivity index (χ4v) is 3.81. The van der Waals surface area contributed by atoms with Crippen LogP contribution in [-0.4, -0.2) is 27.0 Å². The molecule has 142 valence electrons. The van der Waals surface area contributed by atoms with Gasteiger partial charge in [0.05, 0.1) is 6.54 Å². The smallest absolute Gasteiger partial charge is 0.328 e. The minimum absolute atomic E-state index is 0.0740. The Bertz CT molecular complexity index is 1230. The number of H-pyrrole nitrogens is 2. The van der Waals surface area contributed by atoms with Crippen molar-refractivity contribution in [3.63, 3.8) is 0 Å². The Labute approximate surface area is 163 Å². The monoisotopic (exact) mass is 394 g/mol. The molecule has 3 heterocycles. The molecule has 1 amide bonds. The molecular formula is C20H18N4O3S. The number of aromatic nitrogens is 3. The third kappa shape index (κ3) is 3.54. The molecule has 4 rings (SSSR count). The van der Waals surface area contributed by atoms with Crippen molar-refractivity contribution < 1.29 is 4.79 Å². The van der Waals surface area contributed by atoms with Gasteiger partial charge in [-0.05, 0) is 29.5 Å². The lowest BCUT2D eigenvalue weighted by Crippen LogP contribution is -2.41. The number of rotatable bonds is 6. The van der Waals surface area contributed by atoms with Gasteiger partial charge in [-0.2, -0.15) is 0 Å². The zero-order valence-electron chi connectivity index (χ0n) is 14.9. The Morgan fingerprint density at radius 2 is 1.93 bits per heavy atom. The van der Waals surface area contributed by atoms with E-state index < -0.39 is 17.2 Å². The molecule has 0 aliphatic carbocycles. The zero-order valence-corrected chi connectivity index (χ0v) is 15.7. The van der Waals surface area contributed by atoms with E-state index in [2.05, 4.69) is 15.3 Å². The predicted octanol–water partition coefficient (Wildman–Crippen LogP) is 2.10. The van der Waals surface area contributed by atoms with Crippen molar-refractivity contribution in [3.8, 4) is 0 Å². The first-order valence-corrected chi connectivity index (χ1v) is 9.69. The Morgan fingerprint density at radius 3 is 2.75 bits per heavy atom. The normalized spacial score (nSPS) is 11.0. The van der Waals surface area contributed by atoms with Crippen LogP contribution in [0.25, 0.3) is 10.9 Å². The van der Waals surface area contributed by atoms with Gasteiger partial charge in [0.1, 0.15) is 5.56 Å². The number of fused-ring (bicyclic) bond motifs is 1. The van der Waals surface area contributed by atoms with E-state index in [0.29, 0.717) is 13.0 Å². The third-order valence-electron chi connectivity index (χ3n) is 4.55. The van der Waals surface area contributed by atoms with E-state index in [1.165, 1.54) is 17.5 Å². The number of thiophene rings is 1. The SMILES string of the molecule is O=C(NCCc1c[nH]c2ccccc12)c1c[nH]c(=O)n(Cc2cccs2)c1=O. The second-order valence-corrected chi connectivity index (χ2v) is 7.38. The largest absolute Gasteiger partial charge is 0.361 e. The fourth-order valence-electron chi connectivity index (χ4n) is 3.12. The van der Waals surface area contributed by atoms with Gasteiger partial charge < -0.3 is 15.3 Å². The van der Waals surface area contributed by atoms with Crippen molar-refractivity contribution in [1.82, 2.24) is 19.9 Å². The topological polar surface area (TPSA) is 99.8 Å². The van der Waals surface area contributed by atoms with E-state index in [9.17, 15) is 14.4 Å². The number of aromatic amines is 2. The van der Waals surface area contributed by atoms with Gasteiger partial charge >= 0.3 is 5.69 Å². The van der Waals surface area contributed by atoms with Crippen LogP contribution in [0.3, 0.4) is 0 Å². The van der Waals surface area contributed by atoms with Gasteiger partial charge in [0.15, 0.2) is 0 Å². The van der Waals surface area contributed by atoms with E-state index in [-0.39, 0.29) is 12.1 Å². The highest BCUT2D eigenvalue weighted by atomic mass is 32.1. The summed E-state index contributed by atoms with van der Waals surface area (Å²) in [6.45, 7) is 0.520. The highest BCUT2D eigenvalue weighted by molar-refractivity contribution is 7.09. The minimum Gasteiger partial charge on any atom is -0.361 e. The number of para-hydroxylation sites is 1. The van der Waals surface area contributed by atoms with Crippen molar-refractivity contribution in [1.29, 1.82) is 0 Å². The molecule has 7 nitrogen and oxygen atoms in total. The average molecular weight is 394 g/mol. The number of hydrogen-bond donors (Lipinski definition) is 3. The Hall–Kier alpha value is -3.39. The molecule has 1 aromatic carbocycles. The molecule has 0 aliphatic rings. The summed E-state index contributed by atoms with van der Waals surface area (Å²) in [5.41, 5.74) is 0.930. The lowest BCUT2D eigenvalue weighted by atomic mass is 10.1. The fraction of sp³-hybridized carbons (Fsp3) is 0.150. The molecular weight excluding hydrogens is 376 g/mol. The quantitative estimate of drug-likeness (QED) is 0.467. The van der Waals surface area contributed by atoms with Crippen molar-refractivity contribution in [2.75, 3.05) is 6.54 Å². The van der Waals surface area contributed by atoms with Gasteiger partial charge in [-0.3, -0.25) is 14.2 Å². The highest BCUT2D eigenvalue weighted by Crippen LogP contribution is 2.17. The highest BCUT2D eigenvalue weighted by Gasteiger charge is 2.15. The predicted molar refractivity (Wildman–Crippen MR) is 109 cm³/mol. The molecule has 4 aromatic rings. The molecule has 0 saturated heterocycles. The molecule has 0 aliphatic heterocycles. The molecule has 0 spiro atoms. The molecule has 0 fully saturated rings. The van der Waals surface area contributed by atoms with Gasteiger partial charge in [0.25, 0.3) is 11.5 Å². The summed E-state index contributed by atoms with van der Waals surface area (Å²) in [6.07, 6.45) is 3.73. The molecule has 0 bridgehead atoms. The van der Waals surface area contributed by atoms with E-state index in [0.717, 1.165) is 25.9 Å².